The van der Waals surface area contributed by atoms with Crippen LogP contribution in [0, 0.1) is 29.1 Å². The molecule has 30 heavy (non-hydrogen) atoms. The Morgan fingerprint density at radius 3 is 2.80 bits per heavy atom. The number of nitrogens with one attached hydrogen (secondary N) is 1. The van der Waals surface area contributed by atoms with Crippen molar-refractivity contribution in [3.05, 3.63) is 31.0 Å². The second-order valence-electron chi connectivity index (χ2n) is 9.14. The minimum Gasteiger partial charge on any atom is -0.346 e. The van der Waals surface area contributed by atoms with Crippen molar-refractivity contribution in [2.45, 2.75) is 37.6 Å². The molecule has 3 aliphatic rings. The molecule has 0 bridgehead atoms. The highest BCUT2D eigenvalue weighted by Crippen LogP contribution is 2.50. The molecule has 0 aromatic carbocycles. The Labute approximate surface area is 173 Å². The Bertz CT molecular complexity index is 1150. The van der Waals surface area contributed by atoms with Gasteiger partial charge in [0.2, 0.25) is 5.91 Å². The number of nitriles is 1. The lowest BCUT2D eigenvalue weighted by Crippen LogP contribution is -2.36. The van der Waals surface area contributed by atoms with Crippen LogP contribution < -0.4 is 0 Å². The molecule has 8 heteroatoms. The summed E-state index contributed by atoms with van der Waals surface area (Å²) in [5.74, 6) is 1.52. The number of rotatable bonds is 4. The zero-order valence-corrected chi connectivity index (χ0v) is 16.7. The highest BCUT2D eigenvalue weighted by molar-refractivity contribution is 5.90. The number of likely N-dealkylation sites (tertiary alicyclic amines) is 1. The van der Waals surface area contributed by atoms with Crippen molar-refractivity contribution in [3.63, 3.8) is 0 Å². The molecule has 2 aliphatic carbocycles. The number of carbonyl (C=O) groups is 1. The summed E-state index contributed by atoms with van der Waals surface area (Å²) in [6.07, 6.45) is 11.6. The second-order valence-corrected chi connectivity index (χ2v) is 9.14. The highest BCUT2D eigenvalue weighted by atomic mass is 16.2. The molecule has 3 fully saturated rings. The van der Waals surface area contributed by atoms with Crippen molar-refractivity contribution >= 4 is 16.9 Å². The van der Waals surface area contributed by atoms with Crippen LogP contribution in [-0.4, -0.2) is 48.6 Å². The van der Waals surface area contributed by atoms with Crippen LogP contribution in [0.2, 0.25) is 0 Å². The first kappa shape index (κ1) is 17.6. The van der Waals surface area contributed by atoms with E-state index in [1.54, 1.807) is 6.33 Å². The summed E-state index contributed by atoms with van der Waals surface area (Å²) in [5.41, 5.74) is 2.28. The predicted molar refractivity (Wildman–Crippen MR) is 109 cm³/mol. The third-order valence-corrected chi connectivity index (χ3v) is 7.20. The van der Waals surface area contributed by atoms with Gasteiger partial charge < -0.3 is 9.88 Å². The van der Waals surface area contributed by atoms with Crippen molar-refractivity contribution < 1.29 is 4.79 Å². The van der Waals surface area contributed by atoms with E-state index in [0.717, 1.165) is 61.1 Å². The molecule has 3 aromatic heterocycles. The van der Waals surface area contributed by atoms with Crippen molar-refractivity contribution in [1.29, 1.82) is 5.26 Å². The van der Waals surface area contributed by atoms with Crippen molar-refractivity contribution in [2.24, 2.45) is 17.8 Å². The Morgan fingerprint density at radius 2 is 2.07 bits per heavy atom. The van der Waals surface area contributed by atoms with Gasteiger partial charge in [0.05, 0.1) is 29.9 Å². The third-order valence-electron chi connectivity index (χ3n) is 7.20. The van der Waals surface area contributed by atoms with Gasteiger partial charge in [-0.1, -0.05) is 0 Å². The Balaban J connectivity index is 1.28. The van der Waals surface area contributed by atoms with E-state index < -0.39 is 0 Å². The van der Waals surface area contributed by atoms with Crippen LogP contribution in [0.1, 0.15) is 32.1 Å². The largest absolute Gasteiger partial charge is 0.346 e. The van der Waals surface area contributed by atoms with Crippen molar-refractivity contribution in [1.82, 2.24) is 29.6 Å². The second kappa shape index (κ2) is 6.39. The maximum Gasteiger partial charge on any atom is 0.225 e. The predicted octanol–water partition coefficient (Wildman–Crippen LogP) is 2.71. The summed E-state index contributed by atoms with van der Waals surface area (Å²) in [6, 6.07) is 4.37. The number of hydrogen-bond donors (Lipinski definition) is 1. The SMILES string of the molecule is N#CC[C@@]1(n2cc(-c3ncnc4[nH]ccc34)cn2)C[C@H]2CN(C(=O)C3CC3)C[C@H]2C1. The van der Waals surface area contributed by atoms with E-state index in [4.69, 9.17) is 5.10 Å². The summed E-state index contributed by atoms with van der Waals surface area (Å²) < 4.78 is 2.00. The molecular formula is C22H23N7O. The van der Waals surface area contributed by atoms with E-state index in [1.807, 2.05) is 29.3 Å². The van der Waals surface area contributed by atoms with Crippen molar-refractivity contribution in [3.8, 4) is 17.3 Å². The zero-order chi connectivity index (χ0) is 20.3. The van der Waals surface area contributed by atoms with Gasteiger partial charge in [-0.2, -0.15) is 10.4 Å². The normalized spacial score (nSPS) is 28.0. The number of H-pyrrole nitrogens is 1. The van der Waals surface area contributed by atoms with Gasteiger partial charge in [-0.05, 0) is 43.6 Å². The third kappa shape index (κ3) is 2.65. The van der Waals surface area contributed by atoms with Gasteiger partial charge in [-0.3, -0.25) is 9.48 Å². The Hall–Kier alpha value is -3.21. The van der Waals surface area contributed by atoms with Gasteiger partial charge in [-0.15, -0.1) is 0 Å². The molecule has 3 atom stereocenters. The molecule has 6 rings (SSSR count). The van der Waals surface area contributed by atoms with E-state index in [-0.39, 0.29) is 11.5 Å². The number of aromatic amines is 1. The lowest BCUT2D eigenvalue weighted by Gasteiger charge is -2.29. The maximum atomic E-state index is 12.5. The van der Waals surface area contributed by atoms with Gasteiger partial charge in [0, 0.05) is 42.4 Å². The molecule has 0 spiro atoms. The molecule has 2 saturated carbocycles. The lowest BCUT2D eigenvalue weighted by atomic mass is 9.92. The van der Waals surface area contributed by atoms with Gasteiger partial charge in [0.25, 0.3) is 0 Å². The number of hydrogen-bond acceptors (Lipinski definition) is 5. The molecular weight excluding hydrogens is 378 g/mol. The fourth-order valence-corrected chi connectivity index (χ4v) is 5.60. The first-order chi connectivity index (χ1) is 14.7. The molecule has 1 amide bonds. The van der Waals surface area contributed by atoms with Crippen LogP contribution in [0.4, 0.5) is 0 Å². The Kier molecular flexibility index (Phi) is 3.76. The molecule has 8 nitrogen and oxygen atoms in total. The molecule has 0 radical (unpaired) electrons. The number of amides is 1. The fourth-order valence-electron chi connectivity index (χ4n) is 5.60. The molecule has 3 aromatic rings. The summed E-state index contributed by atoms with van der Waals surface area (Å²) in [6.45, 7) is 1.66. The number of fused-ring (bicyclic) bond motifs is 2. The maximum absolute atomic E-state index is 12.5. The average Bonchev–Trinajstić information content (AvgIpc) is 3.11. The van der Waals surface area contributed by atoms with Gasteiger partial charge in [0.15, 0.2) is 0 Å². The van der Waals surface area contributed by atoms with Crippen LogP contribution in [0.15, 0.2) is 31.0 Å². The topological polar surface area (TPSA) is 103 Å². The van der Waals surface area contributed by atoms with E-state index in [2.05, 4.69) is 25.9 Å². The van der Waals surface area contributed by atoms with Crippen LogP contribution in [0.25, 0.3) is 22.3 Å². The molecule has 1 aliphatic heterocycles. The monoisotopic (exact) mass is 401 g/mol. The fraction of sp³-hybridized carbons (Fsp3) is 0.500. The molecule has 4 heterocycles. The summed E-state index contributed by atoms with van der Waals surface area (Å²) >= 11 is 0. The first-order valence-electron chi connectivity index (χ1n) is 10.7. The quantitative estimate of drug-likeness (QED) is 0.724. The molecule has 0 unspecified atom stereocenters. The van der Waals surface area contributed by atoms with E-state index in [0.29, 0.717) is 24.2 Å². The molecule has 1 N–H and O–H groups in total. The van der Waals surface area contributed by atoms with E-state index >= 15 is 0 Å². The van der Waals surface area contributed by atoms with Crippen LogP contribution in [-0.2, 0) is 10.3 Å². The van der Waals surface area contributed by atoms with Gasteiger partial charge in [-0.25, -0.2) is 9.97 Å². The summed E-state index contributed by atoms with van der Waals surface area (Å²) in [5, 5.41) is 15.2. The van der Waals surface area contributed by atoms with E-state index in [9.17, 15) is 10.1 Å². The smallest absolute Gasteiger partial charge is 0.225 e. The van der Waals surface area contributed by atoms with Crippen LogP contribution >= 0.6 is 0 Å². The number of nitrogens with zero attached hydrogens (tertiary/aromatic N) is 6. The van der Waals surface area contributed by atoms with Crippen LogP contribution in [0.5, 0.6) is 0 Å². The highest BCUT2D eigenvalue weighted by Gasteiger charge is 2.52. The standard InChI is InChI=1S/C22H23N7O/c23-5-4-22(7-15-10-28(11-16(15)8-22)21(30)14-1-2-14)29-12-17(9-27-29)19-18-3-6-24-20(18)26-13-25-19/h3,6,9,12-16H,1-2,4,7-8,10-11H2,(H,24,25,26)/t15-,16+,22+. The van der Waals surface area contributed by atoms with Gasteiger partial charge >= 0.3 is 0 Å². The molecule has 1 saturated heterocycles. The van der Waals surface area contributed by atoms with Crippen molar-refractivity contribution in [2.75, 3.05) is 13.1 Å². The number of carbonyl (C=O) groups excluding carboxylic acids is 1. The zero-order valence-electron chi connectivity index (χ0n) is 16.7. The lowest BCUT2D eigenvalue weighted by molar-refractivity contribution is -0.131. The molecule has 152 valence electrons. The van der Waals surface area contributed by atoms with Gasteiger partial charge in [0.1, 0.15) is 12.0 Å². The van der Waals surface area contributed by atoms with Crippen LogP contribution in [0.3, 0.4) is 0 Å². The minimum absolute atomic E-state index is 0.277. The summed E-state index contributed by atoms with van der Waals surface area (Å²) in [4.78, 5) is 26.4. The number of aromatic nitrogens is 5. The average molecular weight is 401 g/mol. The minimum atomic E-state index is -0.304. The summed E-state index contributed by atoms with van der Waals surface area (Å²) in [7, 11) is 0. The Morgan fingerprint density at radius 1 is 1.27 bits per heavy atom. The first-order valence-corrected chi connectivity index (χ1v) is 10.7. The van der Waals surface area contributed by atoms with E-state index in [1.165, 1.54) is 0 Å².